The number of aromatic nitrogens is 6. The van der Waals surface area contributed by atoms with Crippen LogP contribution in [-0.2, 0) is 32.6 Å². The Morgan fingerprint density at radius 2 is 0.379 bits per heavy atom. The van der Waals surface area contributed by atoms with Crippen LogP contribution in [0.3, 0.4) is 0 Å². The maximum atomic E-state index is 4.55. The minimum Gasteiger partial charge on any atom is -0.378 e. The van der Waals surface area contributed by atoms with Gasteiger partial charge in [0.1, 0.15) is 0 Å². The zero-order valence-electron chi connectivity index (χ0n) is 60.4. The Labute approximate surface area is 622 Å². The van der Waals surface area contributed by atoms with Crippen molar-refractivity contribution in [1.29, 1.82) is 0 Å². The Morgan fingerprint density at radius 1 is 0.223 bits per heavy atom. The van der Waals surface area contributed by atoms with E-state index in [1.807, 2.05) is 144 Å². The minimum absolute atomic E-state index is 0. The number of hydrogen-bond acceptors (Lipinski definition) is 12. The molecule has 0 aliphatic carbocycles. The third-order valence-corrected chi connectivity index (χ3v) is 16.7. The van der Waals surface area contributed by atoms with Crippen LogP contribution in [0.15, 0.2) is 256 Å². The molecule has 13 heteroatoms. The fourth-order valence-electron chi connectivity index (χ4n) is 10.7. The van der Waals surface area contributed by atoms with Gasteiger partial charge in [0.2, 0.25) is 0 Å². The van der Waals surface area contributed by atoms with E-state index >= 15 is 0 Å². The van der Waals surface area contributed by atoms with Crippen LogP contribution in [0, 0.1) is 0 Å². The molecule has 0 aliphatic heterocycles. The van der Waals surface area contributed by atoms with Crippen LogP contribution >= 0.6 is 0 Å². The number of hydrogen-bond donors (Lipinski definition) is 2. The molecule has 0 saturated heterocycles. The Bertz CT molecular complexity index is 4500. The summed E-state index contributed by atoms with van der Waals surface area (Å²) in [7, 11) is 20.3. The van der Waals surface area contributed by atoms with Crippen molar-refractivity contribution < 1.29 is 19.5 Å². The molecule has 0 amide bonds. The number of pyridine rings is 6. The molecule has 6 heterocycles. The van der Waals surface area contributed by atoms with E-state index < -0.39 is 0 Å². The molecular formula is C90H90N12Ru. The molecule has 6 aromatic heterocycles. The van der Waals surface area contributed by atoms with Crippen LogP contribution in [-0.4, -0.2) is 100 Å². The molecule has 518 valence electrons. The number of benzene rings is 6. The van der Waals surface area contributed by atoms with Crippen molar-refractivity contribution in [3.05, 3.63) is 333 Å². The van der Waals surface area contributed by atoms with Gasteiger partial charge in [-0.25, -0.2) is 0 Å². The molecule has 103 heavy (non-hydrogen) atoms. The van der Waals surface area contributed by atoms with Gasteiger partial charge in [-0.3, -0.25) is 29.9 Å². The van der Waals surface area contributed by atoms with Gasteiger partial charge in [0, 0.05) is 149 Å². The fourth-order valence-corrected chi connectivity index (χ4v) is 10.7. The molecule has 0 unspecified atom stereocenters. The zero-order chi connectivity index (χ0) is 71.4. The van der Waals surface area contributed by atoms with Crippen molar-refractivity contribution in [2.24, 2.45) is 0 Å². The summed E-state index contributed by atoms with van der Waals surface area (Å²) in [6, 6.07) is 75.6. The van der Waals surface area contributed by atoms with Crippen LogP contribution in [0.2, 0.25) is 0 Å². The summed E-state index contributed by atoms with van der Waals surface area (Å²) in [5, 5.41) is 6.34. The van der Waals surface area contributed by atoms with Crippen molar-refractivity contribution in [2.75, 3.05) is 90.1 Å². The largest absolute Gasteiger partial charge is 0.378 e. The number of nitrogens with one attached hydrogen (secondary N) is 2. The molecule has 12 rings (SSSR count). The van der Waals surface area contributed by atoms with Gasteiger partial charge in [-0.1, -0.05) is 170 Å². The number of nitrogens with zero attached hydrogens (tertiary/aromatic N) is 10. The Balaban J connectivity index is 0.000000179. The zero-order valence-corrected chi connectivity index (χ0v) is 62.2. The second-order valence-corrected chi connectivity index (χ2v) is 25.3. The quantitative estimate of drug-likeness (QED) is 0.0594. The van der Waals surface area contributed by atoms with Gasteiger partial charge >= 0.3 is 0 Å². The molecule has 0 aliphatic rings. The van der Waals surface area contributed by atoms with E-state index in [2.05, 4.69) is 315 Å². The molecule has 0 spiro atoms. The Hall–Kier alpha value is -11.6. The first-order valence-electron chi connectivity index (χ1n) is 34.1. The minimum atomic E-state index is 0. The SMILES string of the molecule is CN(C)c1ccc(/C=C/c2ccnc(-c3cc(/C=C/c4ccc(N(C)C)cc4)ccn3)c2)cc1.CNCc1ccc(/C=C/c2ccnc(-c3cc(/C=C/c4ccc(N(C)C)cc4)ccn3)c2)cc1.CNCc1ccc(/C=C/c2ccnc(-c3cc(/C=C/c4ccc(N(C)C)cc4)ccn3)c2)cc1.[Ru]. The van der Waals surface area contributed by atoms with Crippen LogP contribution in [0.25, 0.3) is 107 Å². The second kappa shape index (κ2) is 38.8. The van der Waals surface area contributed by atoms with E-state index in [9.17, 15) is 0 Å². The molecule has 2 N–H and O–H groups in total. The molecule has 0 bridgehead atoms. The molecule has 12 aromatic rings. The molecular weight excluding hydrogens is 1350 g/mol. The van der Waals surface area contributed by atoms with Gasteiger partial charge < -0.3 is 30.2 Å². The maximum Gasteiger partial charge on any atom is 0.0892 e. The van der Waals surface area contributed by atoms with E-state index in [4.69, 9.17) is 0 Å². The second-order valence-electron chi connectivity index (χ2n) is 25.3. The smallest absolute Gasteiger partial charge is 0.0892 e. The van der Waals surface area contributed by atoms with Crippen molar-refractivity contribution in [3.63, 3.8) is 0 Å². The van der Waals surface area contributed by atoms with Crippen molar-refractivity contribution in [3.8, 4) is 34.2 Å². The van der Waals surface area contributed by atoms with Crippen LogP contribution in [0.5, 0.6) is 0 Å². The molecule has 0 fully saturated rings. The predicted octanol–water partition coefficient (Wildman–Crippen LogP) is 19.2. The first kappa shape index (κ1) is 75.6. The maximum absolute atomic E-state index is 4.55. The summed E-state index contributed by atoms with van der Waals surface area (Å²) in [6.45, 7) is 1.75. The van der Waals surface area contributed by atoms with Gasteiger partial charge in [-0.2, -0.15) is 0 Å². The average Bonchev–Trinajstić information content (AvgIpc) is 0.852. The van der Waals surface area contributed by atoms with Gasteiger partial charge in [-0.15, -0.1) is 0 Å². The summed E-state index contributed by atoms with van der Waals surface area (Å²) in [5.74, 6) is 0. The van der Waals surface area contributed by atoms with Crippen LogP contribution in [0.1, 0.15) is 77.9 Å². The summed E-state index contributed by atoms with van der Waals surface area (Å²) in [6.07, 6.45) is 36.4. The van der Waals surface area contributed by atoms with Crippen molar-refractivity contribution >= 4 is 95.7 Å². The molecule has 12 nitrogen and oxygen atoms in total. The first-order chi connectivity index (χ1) is 49.7. The van der Waals surface area contributed by atoms with Crippen LogP contribution in [0.4, 0.5) is 22.7 Å². The van der Waals surface area contributed by atoms with Crippen molar-refractivity contribution in [1.82, 2.24) is 40.5 Å². The van der Waals surface area contributed by atoms with Crippen LogP contribution < -0.4 is 30.2 Å². The third kappa shape index (κ3) is 23.8. The van der Waals surface area contributed by atoms with Gasteiger partial charge in [0.05, 0.1) is 34.2 Å². The fraction of sp³-hybridized carbons (Fsp3) is 0.133. The normalized spacial score (nSPS) is 11.2. The Kier molecular flexibility index (Phi) is 28.5. The summed E-state index contributed by atoms with van der Waals surface area (Å²) in [5.41, 5.74) is 26.0. The molecule has 0 radical (unpaired) electrons. The summed E-state index contributed by atoms with van der Waals surface area (Å²) in [4.78, 5) is 35.7. The van der Waals surface area contributed by atoms with E-state index in [1.165, 1.54) is 45.0 Å². The monoisotopic (exact) mass is 1440 g/mol. The van der Waals surface area contributed by atoms with E-state index in [-0.39, 0.29) is 19.5 Å². The van der Waals surface area contributed by atoms with E-state index in [0.717, 1.165) is 103 Å². The number of rotatable bonds is 23. The Morgan fingerprint density at radius 3 is 0.534 bits per heavy atom. The van der Waals surface area contributed by atoms with Gasteiger partial charge in [0.25, 0.3) is 0 Å². The van der Waals surface area contributed by atoms with Gasteiger partial charge in [-0.05, 0) is 213 Å². The average molecular weight is 1440 g/mol. The molecule has 0 atom stereocenters. The first-order valence-corrected chi connectivity index (χ1v) is 34.1. The van der Waals surface area contributed by atoms with Gasteiger partial charge in [0.15, 0.2) is 0 Å². The summed E-state index contributed by atoms with van der Waals surface area (Å²) >= 11 is 0. The van der Waals surface area contributed by atoms with E-state index in [0.29, 0.717) is 0 Å². The standard InChI is InChI=1S/3C30H30N4.Ru/c2*1-31-22-27-10-6-23(7-11-27)4-8-25-16-18-32-29(20-25)30-21-26(17-19-33-30)9-5-24-12-14-28(15-13-24)34(2)3;1-33(2)27-13-9-23(10-14-27)5-7-25-17-19-31-29(21-25)30-22-26(18-20-32-30)8-6-24-11-15-28(16-12-24)34(3)4;/h2*4-21,31H,22H2,1-3H3;5-22H,1-4H3;/b2*8-4+,9-5+;7-5+,8-6+;. The summed E-state index contributed by atoms with van der Waals surface area (Å²) < 4.78 is 0. The van der Waals surface area contributed by atoms with E-state index in [1.54, 1.807) is 0 Å². The number of anilines is 4. The predicted molar refractivity (Wildman–Crippen MR) is 437 cm³/mol. The molecule has 6 aromatic carbocycles. The topological polar surface area (TPSA) is 114 Å². The molecule has 0 saturated carbocycles. The van der Waals surface area contributed by atoms with Crippen molar-refractivity contribution in [2.45, 2.75) is 13.1 Å². The third-order valence-electron chi connectivity index (χ3n) is 16.7.